The highest BCUT2D eigenvalue weighted by Crippen LogP contribution is 2.28. The van der Waals surface area contributed by atoms with Gasteiger partial charge in [0.15, 0.2) is 0 Å². The molecule has 1 unspecified atom stereocenters. The predicted octanol–water partition coefficient (Wildman–Crippen LogP) is 4.09. The van der Waals surface area contributed by atoms with Gasteiger partial charge in [0.25, 0.3) is 0 Å². The Morgan fingerprint density at radius 3 is 2.86 bits per heavy atom. The van der Waals surface area contributed by atoms with Crippen molar-refractivity contribution in [3.05, 3.63) is 52.3 Å². The SMILES string of the molecule is CCCn1ccnc1CC(NCC)c1c(F)cccc1Br. The number of aromatic nitrogens is 2. The molecule has 1 aromatic heterocycles. The first-order valence-electron chi connectivity index (χ1n) is 7.34. The van der Waals surface area contributed by atoms with Crippen LogP contribution in [0.1, 0.15) is 37.7 Å². The van der Waals surface area contributed by atoms with E-state index in [1.54, 1.807) is 6.07 Å². The van der Waals surface area contributed by atoms with Gasteiger partial charge in [0.2, 0.25) is 0 Å². The molecular formula is C16H21BrFN3. The Bertz CT molecular complexity index is 562. The van der Waals surface area contributed by atoms with Crippen LogP contribution >= 0.6 is 15.9 Å². The van der Waals surface area contributed by atoms with Crippen molar-refractivity contribution < 1.29 is 4.39 Å². The summed E-state index contributed by atoms with van der Waals surface area (Å²) in [5.41, 5.74) is 0.672. The van der Waals surface area contributed by atoms with Gasteiger partial charge < -0.3 is 9.88 Å². The Hall–Kier alpha value is -1.20. The summed E-state index contributed by atoms with van der Waals surface area (Å²) in [7, 11) is 0. The van der Waals surface area contributed by atoms with Gasteiger partial charge in [-0.05, 0) is 25.1 Å². The molecule has 3 nitrogen and oxygen atoms in total. The fourth-order valence-corrected chi connectivity index (χ4v) is 3.14. The number of nitrogens with one attached hydrogen (secondary N) is 1. The molecule has 0 spiro atoms. The molecule has 0 amide bonds. The summed E-state index contributed by atoms with van der Waals surface area (Å²) in [4.78, 5) is 4.43. The van der Waals surface area contributed by atoms with Gasteiger partial charge in [0, 0.05) is 41.4 Å². The lowest BCUT2D eigenvalue weighted by Crippen LogP contribution is -2.25. The first-order chi connectivity index (χ1) is 10.2. The molecule has 0 aliphatic heterocycles. The number of hydrogen-bond donors (Lipinski definition) is 1. The normalized spacial score (nSPS) is 12.6. The number of likely N-dealkylation sites (N-methyl/N-ethyl adjacent to an activating group) is 1. The molecule has 21 heavy (non-hydrogen) atoms. The molecule has 114 valence electrons. The molecule has 0 saturated heterocycles. The first-order valence-corrected chi connectivity index (χ1v) is 8.14. The molecule has 1 N–H and O–H groups in total. The fraction of sp³-hybridized carbons (Fsp3) is 0.438. The van der Waals surface area contributed by atoms with E-state index < -0.39 is 0 Å². The zero-order valence-corrected chi connectivity index (χ0v) is 14.0. The molecule has 5 heteroatoms. The maximum Gasteiger partial charge on any atom is 0.129 e. The molecule has 2 aromatic rings. The highest BCUT2D eigenvalue weighted by Gasteiger charge is 2.20. The monoisotopic (exact) mass is 353 g/mol. The smallest absolute Gasteiger partial charge is 0.129 e. The largest absolute Gasteiger partial charge is 0.335 e. The van der Waals surface area contributed by atoms with Crippen molar-refractivity contribution >= 4 is 15.9 Å². The number of aryl methyl sites for hydroxylation is 1. The maximum atomic E-state index is 14.2. The van der Waals surface area contributed by atoms with Gasteiger partial charge in [-0.25, -0.2) is 9.37 Å². The highest BCUT2D eigenvalue weighted by molar-refractivity contribution is 9.10. The summed E-state index contributed by atoms with van der Waals surface area (Å²) in [6, 6.07) is 5.00. The van der Waals surface area contributed by atoms with Gasteiger partial charge in [0.1, 0.15) is 11.6 Å². The Morgan fingerprint density at radius 2 is 2.19 bits per heavy atom. The molecular weight excluding hydrogens is 333 g/mol. The fourth-order valence-electron chi connectivity index (χ4n) is 2.52. The van der Waals surface area contributed by atoms with Crippen LogP contribution in [0.5, 0.6) is 0 Å². The topological polar surface area (TPSA) is 29.9 Å². The van der Waals surface area contributed by atoms with E-state index in [0.717, 1.165) is 29.8 Å². The van der Waals surface area contributed by atoms with Crippen LogP contribution < -0.4 is 5.32 Å². The molecule has 2 rings (SSSR count). The molecule has 0 fully saturated rings. The molecule has 0 saturated carbocycles. The van der Waals surface area contributed by atoms with Crippen LogP contribution in [0.15, 0.2) is 35.1 Å². The second kappa shape index (κ2) is 7.71. The third kappa shape index (κ3) is 3.92. The molecule has 0 radical (unpaired) electrons. The molecule has 0 aliphatic carbocycles. The van der Waals surface area contributed by atoms with E-state index in [-0.39, 0.29) is 11.9 Å². The van der Waals surface area contributed by atoms with E-state index in [0.29, 0.717) is 12.0 Å². The third-order valence-corrected chi connectivity index (χ3v) is 4.14. The molecule has 1 aromatic carbocycles. The lowest BCUT2D eigenvalue weighted by atomic mass is 10.0. The zero-order chi connectivity index (χ0) is 15.2. The van der Waals surface area contributed by atoms with Crippen molar-refractivity contribution in [1.29, 1.82) is 0 Å². The zero-order valence-electron chi connectivity index (χ0n) is 12.4. The van der Waals surface area contributed by atoms with Crippen molar-refractivity contribution in [2.45, 2.75) is 39.3 Å². The Labute approximate surface area is 133 Å². The van der Waals surface area contributed by atoms with Crippen LogP contribution in [0, 0.1) is 5.82 Å². The van der Waals surface area contributed by atoms with Crippen LogP contribution in [-0.4, -0.2) is 16.1 Å². The third-order valence-electron chi connectivity index (χ3n) is 3.45. The van der Waals surface area contributed by atoms with Gasteiger partial charge in [0.05, 0.1) is 0 Å². The summed E-state index contributed by atoms with van der Waals surface area (Å²) >= 11 is 3.46. The average Bonchev–Trinajstić information content (AvgIpc) is 2.86. The maximum absolute atomic E-state index is 14.2. The Kier molecular flexibility index (Phi) is 5.94. The highest BCUT2D eigenvalue weighted by atomic mass is 79.9. The number of halogens is 2. The van der Waals surface area contributed by atoms with E-state index in [2.05, 4.69) is 37.7 Å². The summed E-state index contributed by atoms with van der Waals surface area (Å²) < 4.78 is 17.1. The molecule has 0 bridgehead atoms. The van der Waals surface area contributed by atoms with E-state index in [1.807, 2.05) is 25.4 Å². The van der Waals surface area contributed by atoms with E-state index in [9.17, 15) is 4.39 Å². The molecule has 0 aliphatic rings. The van der Waals surface area contributed by atoms with Gasteiger partial charge >= 0.3 is 0 Å². The summed E-state index contributed by atoms with van der Waals surface area (Å²) in [6.07, 6.45) is 5.52. The lowest BCUT2D eigenvalue weighted by molar-refractivity contribution is 0.487. The molecule has 1 heterocycles. The second-order valence-corrected chi connectivity index (χ2v) is 5.84. The minimum Gasteiger partial charge on any atom is -0.335 e. The number of benzene rings is 1. The Balaban J connectivity index is 2.29. The second-order valence-electron chi connectivity index (χ2n) is 4.99. The van der Waals surface area contributed by atoms with Crippen LogP contribution in [0.2, 0.25) is 0 Å². The summed E-state index contributed by atoms with van der Waals surface area (Å²) in [5.74, 6) is 0.793. The Morgan fingerprint density at radius 1 is 1.38 bits per heavy atom. The number of rotatable bonds is 7. The van der Waals surface area contributed by atoms with Gasteiger partial charge in [-0.3, -0.25) is 0 Å². The van der Waals surface area contributed by atoms with Crippen molar-refractivity contribution in [3.63, 3.8) is 0 Å². The van der Waals surface area contributed by atoms with Crippen molar-refractivity contribution in [2.24, 2.45) is 0 Å². The van der Waals surface area contributed by atoms with Gasteiger partial charge in [-0.1, -0.05) is 35.8 Å². The molecule has 1 atom stereocenters. The van der Waals surface area contributed by atoms with E-state index in [4.69, 9.17) is 0 Å². The number of nitrogens with zero attached hydrogens (tertiary/aromatic N) is 2. The standard InChI is InChI=1S/C16H21BrFN3/c1-3-9-21-10-8-20-15(21)11-14(19-4-2)16-12(17)6-5-7-13(16)18/h5-8,10,14,19H,3-4,9,11H2,1-2H3. The van der Waals surface area contributed by atoms with Crippen LogP contribution in [0.3, 0.4) is 0 Å². The average molecular weight is 354 g/mol. The summed E-state index contributed by atoms with van der Waals surface area (Å²) in [5, 5.41) is 3.36. The van der Waals surface area contributed by atoms with Crippen LogP contribution in [0.4, 0.5) is 4.39 Å². The van der Waals surface area contributed by atoms with Crippen molar-refractivity contribution in [1.82, 2.24) is 14.9 Å². The number of imidazole rings is 1. The van der Waals surface area contributed by atoms with Crippen molar-refractivity contribution in [2.75, 3.05) is 6.54 Å². The minimum absolute atomic E-state index is 0.0939. The minimum atomic E-state index is -0.191. The lowest BCUT2D eigenvalue weighted by Gasteiger charge is -2.20. The number of hydrogen-bond acceptors (Lipinski definition) is 2. The van der Waals surface area contributed by atoms with Crippen molar-refractivity contribution in [3.8, 4) is 0 Å². The van der Waals surface area contributed by atoms with Crippen LogP contribution in [0.25, 0.3) is 0 Å². The summed E-state index contributed by atoms with van der Waals surface area (Å²) in [6.45, 7) is 5.88. The quantitative estimate of drug-likeness (QED) is 0.812. The van der Waals surface area contributed by atoms with E-state index >= 15 is 0 Å². The predicted molar refractivity (Wildman–Crippen MR) is 86.7 cm³/mol. The van der Waals surface area contributed by atoms with Crippen LogP contribution in [-0.2, 0) is 13.0 Å². The van der Waals surface area contributed by atoms with Gasteiger partial charge in [-0.2, -0.15) is 0 Å². The van der Waals surface area contributed by atoms with Gasteiger partial charge in [-0.15, -0.1) is 0 Å². The first kappa shape index (κ1) is 16.2. The van der Waals surface area contributed by atoms with E-state index in [1.165, 1.54) is 6.07 Å².